The molecule has 0 saturated carbocycles. The first-order valence-corrected chi connectivity index (χ1v) is 9.45. The van der Waals surface area contributed by atoms with Crippen molar-refractivity contribution in [2.24, 2.45) is 0 Å². The fourth-order valence-electron chi connectivity index (χ4n) is 3.56. The first-order chi connectivity index (χ1) is 13.1. The molecule has 0 bridgehead atoms. The Kier molecular flexibility index (Phi) is 5.05. The fraction of sp³-hybridized carbons (Fsp3) is 0.286. The Bertz CT molecular complexity index is 889. The number of carboxylic acid groups (broad SMARTS) is 1. The van der Waals surface area contributed by atoms with Crippen molar-refractivity contribution in [1.82, 2.24) is 9.80 Å². The average Bonchev–Trinajstić information content (AvgIpc) is 2.83. The minimum Gasteiger partial charge on any atom is -0.481 e. The lowest BCUT2D eigenvalue weighted by molar-refractivity contribution is -0.137. The highest BCUT2D eigenvalue weighted by Gasteiger charge is 2.24. The minimum absolute atomic E-state index is 0.186. The van der Waals surface area contributed by atoms with Crippen molar-refractivity contribution in [2.45, 2.75) is 6.42 Å². The van der Waals surface area contributed by atoms with E-state index in [9.17, 15) is 4.79 Å². The molecule has 2 aliphatic rings. The molecule has 1 saturated heterocycles. The van der Waals surface area contributed by atoms with Crippen LogP contribution in [-0.4, -0.2) is 53.6 Å². The number of halogens is 1. The third kappa shape index (κ3) is 3.94. The van der Waals surface area contributed by atoms with E-state index in [1.165, 1.54) is 0 Å². The number of carboxylic acids is 1. The van der Waals surface area contributed by atoms with Gasteiger partial charge in [0, 0.05) is 54.6 Å². The Morgan fingerprint density at radius 3 is 2.63 bits per heavy atom. The maximum Gasteiger partial charge on any atom is 0.304 e. The summed E-state index contributed by atoms with van der Waals surface area (Å²) in [5, 5.41) is 9.56. The zero-order valence-electron chi connectivity index (χ0n) is 14.9. The predicted octanol–water partition coefficient (Wildman–Crippen LogP) is 4.04. The highest BCUT2D eigenvalue weighted by Crippen LogP contribution is 2.40. The first-order valence-electron chi connectivity index (χ1n) is 9.08. The summed E-state index contributed by atoms with van der Waals surface area (Å²) in [5.74, 6) is 0.878. The average molecular weight is 385 g/mol. The number of aliphatic carboxylic acids is 1. The Balaban J connectivity index is 1.62. The van der Waals surface area contributed by atoms with Gasteiger partial charge in [0.25, 0.3) is 0 Å². The van der Waals surface area contributed by atoms with Gasteiger partial charge in [0.1, 0.15) is 11.5 Å². The van der Waals surface area contributed by atoms with Gasteiger partial charge in [0.05, 0.1) is 6.42 Å². The maximum atomic E-state index is 10.8. The van der Waals surface area contributed by atoms with Crippen LogP contribution < -0.4 is 4.74 Å². The van der Waals surface area contributed by atoms with Gasteiger partial charge in [-0.15, -0.1) is 0 Å². The van der Waals surface area contributed by atoms with Crippen molar-refractivity contribution in [3.63, 3.8) is 0 Å². The second kappa shape index (κ2) is 7.62. The highest BCUT2D eigenvalue weighted by atomic mass is 35.5. The molecular formula is C21H21ClN2O3. The molecular weight excluding hydrogens is 364 g/mol. The van der Waals surface area contributed by atoms with Crippen molar-refractivity contribution in [3.05, 3.63) is 58.6 Å². The molecule has 6 heteroatoms. The summed E-state index contributed by atoms with van der Waals surface area (Å²) in [5.41, 5.74) is 3.13. The van der Waals surface area contributed by atoms with Gasteiger partial charge >= 0.3 is 5.97 Å². The third-order valence-corrected chi connectivity index (χ3v) is 5.24. The van der Waals surface area contributed by atoms with E-state index in [1.807, 2.05) is 36.4 Å². The summed E-state index contributed by atoms with van der Waals surface area (Å²) in [7, 11) is 0. The number of rotatable bonds is 4. The molecule has 0 atom stereocenters. The number of ether oxygens (including phenoxy) is 1. The molecule has 5 nitrogen and oxygen atoms in total. The molecule has 27 heavy (non-hydrogen) atoms. The number of benzene rings is 2. The van der Waals surface area contributed by atoms with Crippen molar-refractivity contribution >= 4 is 29.3 Å². The van der Waals surface area contributed by atoms with Crippen LogP contribution >= 0.6 is 11.6 Å². The van der Waals surface area contributed by atoms with Crippen LogP contribution in [0.4, 0.5) is 0 Å². The maximum absolute atomic E-state index is 10.8. The van der Waals surface area contributed by atoms with E-state index < -0.39 is 5.97 Å². The van der Waals surface area contributed by atoms with Gasteiger partial charge in [-0.1, -0.05) is 23.7 Å². The lowest BCUT2D eigenvalue weighted by Gasteiger charge is -2.37. The van der Waals surface area contributed by atoms with Gasteiger partial charge in [-0.3, -0.25) is 9.69 Å². The summed E-state index contributed by atoms with van der Waals surface area (Å²) in [4.78, 5) is 15.3. The van der Waals surface area contributed by atoms with Gasteiger partial charge in [0.2, 0.25) is 0 Å². The highest BCUT2D eigenvalue weighted by molar-refractivity contribution is 6.30. The zero-order valence-corrected chi connectivity index (χ0v) is 15.7. The molecule has 4 rings (SSSR count). The molecule has 2 aliphatic heterocycles. The van der Waals surface area contributed by atoms with E-state index in [-0.39, 0.29) is 6.42 Å². The van der Waals surface area contributed by atoms with Crippen LogP contribution in [0.3, 0.4) is 0 Å². The van der Waals surface area contributed by atoms with Gasteiger partial charge in [-0.25, -0.2) is 0 Å². The molecule has 0 aromatic heterocycles. The predicted molar refractivity (Wildman–Crippen MR) is 106 cm³/mol. The van der Waals surface area contributed by atoms with Crippen LogP contribution in [0.2, 0.25) is 5.02 Å². The number of para-hydroxylation sites is 1. The number of carbonyl (C=O) groups is 1. The molecule has 0 spiro atoms. The molecule has 1 N–H and O–H groups in total. The fourth-order valence-corrected chi connectivity index (χ4v) is 3.74. The summed E-state index contributed by atoms with van der Waals surface area (Å²) in [6.07, 6.45) is 2.32. The quantitative estimate of drug-likeness (QED) is 0.862. The summed E-state index contributed by atoms with van der Waals surface area (Å²) in [6.45, 7) is 3.97. The Morgan fingerprint density at radius 2 is 1.85 bits per heavy atom. The van der Waals surface area contributed by atoms with Crippen LogP contribution in [-0.2, 0) is 4.79 Å². The number of hydrogen-bond donors (Lipinski definition) is 1. The van der Waals surface area contributed by atoms with E-state index in [0.29, 0.717) is 11.6 Å². The van der Waals surface area contributed by atoms with Crippen molar-refractivity contribution < 1.29 is 14.6 Å². The largest absolute Gasteiger partial charge is 0.481 e. The van der Waals surface area contributed by atoms with E-state index in [1.54, 1.807) is 0 Å². The Labute approximate surface area is 163 Å². The second-order valence-electron chi connectivity index (χ2n) is 6.78. The van der Waals surface area contributed by atoms with E-state index in [0.717, 1.165) is 54.5 Å². The van der Waals surface area contributed by atoms with Gasteiger partial charge in [-0.05, 0) is 36.4 Å². The van der Waals surface area contributed by atoms with Gasteiger partial charge < -0.3 is 14.7 Å². The lowest BCUT2D eigenvalue weighted by Crippen LogP contribution is -2.45. The number of fused-ring (bicyclic) bond motifs is 2. The third-order valence-electron chi connectivity index (χ3n) is 5.00. The molecule has 140 valence electrons. The van der Waals surface area contributed by atoms with Crippen LogP contribution in [0.25, 0.3) is 11.8 Å². The monoisotopic (exact) mass is 384 g/mol. The topological polar surface area (TPSA) is 53.0 Å². The summed E-state index contributed by atoms with van der Waals surface area (Å²) in [6, 6.07) is 13.7. The number of hydrogen-bond acceptors (Lipinski definition) is 4. The zero-order chi connectivity index (χ0) is 18.8. The molecule has 1 fully saturated rings. The number of piperazine rings is 1. The molecule has 2 heterocycles. The minimum atomic E-state index is -0.747. The standard InChI is InChI=1S/C21H21ClN2O3/c22-16-5-6-19-15(13-16)14-18(17-3-1-2-4-20(17)27-19)24-11-9-23(10-12-24)8-7-21(25)26/h1-6,13-14H,7-12H2,(H,25,26). The summed E-state index contributed by atoms with van der Waals surface area (Å²) >= 11 is 6.20. The van der Waals surface area contributed by atoms with Crippen molar-refractivity contribution in [3.8, 4) is 11.5 Å². The molecule has 0 amide bonds. The van der Waals surface area contributed by atoms with Crippen LogP contribution in [0.1, 0.15) is 17.5 Å². The van der Waals surface area contributed by atoms with E-state index in [4.69, 9.17) is 21.4 Å². The van der Waals surface area contributed by atoms with Crippen molar-refractivity contribution in [2.75, 3.05) is 32.7 Å². The SMILES string of the molecule is O=C(O)CCN1CCN(C2=Cc3cc(Cl)ccc3Oc3ccccc32)CC1. The van der Waals surface area contributed by atoms with E-state index in [2.05, 4.69) is 21.9 Å². The first kappa shape index (κ1) is 17.9. The Hall–Kier alpha value is -2.50. The van der Waals surface area contributed by atoms with Gasteiger partial charge in [-0.2, -0.15) is 0 Å². The smallest absolute Gasteiger partial charge is 0.304 e. The van der Waals surface area contributed by atoms with E-state index >= 15 is 0 Å². The molecule has 0 radical (unpaired) electrons. The molecule has 0 aliphatic carbocycles. The molecule has 2 aromatic carbocycles. The second-order valence-corrected chi connectivity index (χ2v) is 7.22. The summed E-state index contributed by atoms with van der Waals surface area (Å²) < 4.78 is 6.15. The normalized spacial score (nSPS) is 16.6. The molecule has 0 unspecified atom stereocenters. The van der Waals surface area contributed by atoms with Crippen LogP contribution in [0, 0.1) is 0 Å². The van der Waals surface area contributed by atoms with Crippen LogP contribution in [0.15, 0.2) is 42.5 Å². The van der Waals surface area contributed by atoms with Gasteiger partial charge in [0.15, 0.2) is 0 Å². The Morgan fingerprint density at radius 1 is 1.07 bits per heavy atom. The molecule has 2 aromatic rings. The number of nitrogens with zero attached hydrogens (tertiary/aromatic N) is 2. The lowest BCUT2D eigenvalue weighted by atomic mass is 10.1. The van der Waals surface area contributed by atoms with Crippen LogP contribution in [0.5, 0.6) is 11.5 Å². The van der Waals surface area contributed by atoms with Crippen molar-refractivity contribution in [1.29, 1.82) is 0 Å².